The summed E-state index contributed by atoms with van der Waals surface area (Å²) in [6.45, 7) is 5.25. The van der Waals surface area contributed by atoms with Crippen LogP contribution in [-0.4, -0.2) is 95.6 Å². The van der Waals surface area contributed by atoms with Gasteiger partial charge in [-0.1, -0.05) is 45.4 Å². The Labute approximate surface area is 176 Å². The van der Waals surface area contributed by atoms with Crippen molar-refractivity contribution in [1.29, 1.82) is 0 Å². The van der Waals surface area contributed by atoms with Crippen LogP contribution in [-0.2, 0) is 9.59 Å². The van der Waals surface area contributed by atoms with Crippen molar-refractivity contribution in [3.63, 3.8) is 0 Å². The van der Waals surface area contributed by atoms with E-state index in [2.05, 4.69) is 11.9 Å². The maximum absolute atomic E-state index is 11.1. The van der Waals surface area contributed by atoms with E-state index in [-0.39, 0.29) is 17.6 Å². The molecule has 0 aromatic rings. The van der Waals surface area contributed by atoms with Crippen molar-refractivity contribution < 1.29 is 33.9 Å². The summed E-state index contributed by atoms with van der Waals surface area (Å²) in [4.78, 5) is 25.6. The number of likely N-dealkylation sites (N-methyl/N-ethyl adjacent to an activating group) is 1. The molecule has 0 aromatic heterocycles. The number of amidine groups is 1. The first-order chi connectivity index (χ1) is 13.4. The van der Waals surface area contributed by atoms with E-state index < -0.39 is 18.2 Å². The van der Waals surface area contributed by atoms with E-state index in [1.54, 1.807) is 6.92 Å². The first-order valence-corrected chi connectivity index (χ1v) is 10.8. The molecule has 0 spiro atoms. The predicted octanol–water partition coefficient (Wildman–Crippen LogP) is 2.56. The molecule has 2 atom stereocenters. The minimum absolute atomic E-state index is 0.0625. The Balaban J connectivity index is 0.000000828. The van der Waals surface area contributed by atoms with E-state index in [9.17, 15) is 14.7 Å². The number of aliphatic carboxylic acids is 2. The maximum atomic E-state index is 11.1. The van der Waals surface area contributed by atoms with Gasteiger partial charge in [0.1, 0.15) is 6.54 Å². The fourth-order valence-corrected chi connectivity index (χ4v) is 3.52. The highest BCUT2D eigenvalue weighted by molar-refractivity contribution is 5.80. The zero-order valence-corrected chi connectivity index (χ0v) is 19.1. The summed E-state index contributed by atoms with van der Waals surface area (Å²) in [5, 5.41) is 27.4. The number of quaternary nitrogens is 2. The van der Waals surface area contributed by atoms with Crippen molar-refractivity contribution >= 4 is 17.8 Å². The van der Waals surface area contributed by atoms with Gasteiger partial charge in [0.15, 0.2) is 19.3 Å². The van der Waals surface area contributed by atoms with Gasteiger partial charge in [0.2, 0.25) is 5.84 Å². The highest BCUT2D eigenvalue weighted by atomic mass is 16.4. The zero-order valence-electron chi connectivity index (χ0n) is 19.1. The molecule has 1 heterocycles. The second kappa shape index (κ2) is 13.7. The number of rotatable bonds is 13. The lowest BCUT2D eigenvalue weighted by Crippen LogP contribution is -2.59. The van der Waals surface area contributed by atoms with Crippen LogP contribution in [0.15, 0.2) is 4.99 Å². The molecule has 170 valence electrons. The molecule has 2 unspecified atom stereocenters. The lowest BCUT2D eigenvalue weighted by molar-refractivity contribution is -0.877. The van der Waals surface area contributed by atoms with Crippen LogP contribution in [0.5, 0.6) is 0 Å². The Morgan fingerprint density at radius 1 is 1.03 bits per heavy atom. The molecule has 0 aliphatic carbocycles. The smallest absolute Gasteiger partial charge is 0.359 e. The largest absolute Gasteiger partial charge is 0.477 e. The molecule has 3 N–H and O–H groups in total. The van der Waals surface area contributed by atoms with Gasteiger partial charge in [-0.2, -0.15) is 0 Å². The van der Waals surface area contributed by atoms with Crippen LogP contribution in [0.3, 0.4) is 0 Å². The topological polar surface area (TPSA) is 107 Å². The van der Waals surface area contributed by atoms with Gasteiger partial charge < -0.3 is 19.8 Å². The van der Waals surface area contributed by atoms with E-state index in [4.69, 9.17) is 10.2 Å². The lowest BCUT2D eigenvalue weighted by atomic mass is 10.1. The fourth-order valence-electron chi connectivity index (χ4n) is 3.52. The molecule has 1 rings (SSSR count). The number of hydrogen-bond acceptors (Lipinski definition) is 4. The number of aliphatic imine (C=N–C) groups is 1. The lowest BCUT2D eigenvalue weighted by Gasteiger charge is -2.35. The fraction of sp³-hybridized carbons (Fsp3) is 0.857. The first kappa shape index (κ1) is 27.5. The molecule has 0 bridgehead atoms. The summed E-state index contributed by atoms with van der Waals surface area (Å²) in [6.07, 6.45) is 8.72. The summed E-state index contributed by atoms with van der Waals surface area (Å²) >= 11 is 0. The molecule has 0 radical (unpaired) electrons. The summed E-state index contributed by atoms with van der Waals surface area (Å²) in [7, 11) is 5.52. The van der Waals surface area contributed by atoms with E-state index in [1.165, 1.54) is 32.1 Å². The van der Waals surface area contributed by atoms with E-state index in [0.29, 0.717) is 17.6 Å². The minimum Gasteiger partial charge on any atom is -0.477 e. The second-order valence-corrected chi connectivity index (χ2v) is 8.95. The molecule has 0 saturated heterocycles. The van der Waals surface area contributed by atoms with Crippen molar-refractivity contribution in [2.75, 3.05) is 47.3 Å². The number of carbonyl (C=O) groups is 2. The monoisotopic (exact) mass is 417 g/mol. The van der Waals surface area contributed by atoms with Crippen molar-refractivity contribution in [2.24, 2.45) is 4.99 Å². The number of hydrogen-bond donors (Lipinski definition) is 3. The van der Waals surface area contributed by atoms with E-state index >= 15 is 0 Å². The summed E-state index contributed by atoms with van der Waals surface area (Å²) in [6, 6.07) is 0. The van der Waals surface area contributed by atoms with Gasteiger partial charge in [0.25, 0.3) is 0 Å². The van der Waals surface area contributed by atoms with Crippen molar-refractivity contribution in [2.45, 2.75) is 71.4 Å². The summed E-state index contributed by atoms with van der Waals surface area (Å²) < 4.78 is 0.612. The molecule has 8 nitrogen and oxygen atoms in total. The summed E-state index contributed by atoms with van der Waals surface area (Å²) in [5.41, 5.74) is 0. The van der Waals surface area contributed by atoms with Crippen LogP contribution in [0.1, 0.15) is 65.2 Å². The normalized spacial score (nSPS) is 19.9. The third kappa shape index (κ3) is 11.9. The highest BCUT2D eigenvalue weighted by Gasteiger charge is 2.43. The molecular formula is C21H43N3O5+2. The van der Waals surface area contributed by atoms with Crippen molar-refractivity contribution in [3.8, 4) is 0 Å². The van der Waals surface area contributed by atoms with Gasteiger partial charge in [-0.25, -0.2) is 19.1 Å². The van der Waals surface area contributed by atoms with E-state index in [0.717, 1.165) is 25.1 Å². The molecular weight excluding hydrogens is 374 g/mol. The van der Waals surface area contributed by atoms with Gasteiger partial charge in [-0.15, -0.1) is 0 Å². The molecule has 8 heteroatoms. The number of carboxylic acid groups (broad SMARTS) is 2. The Hall–Kier alpha value is -1.51. The highest BCUT2D eigenvalue weighted by Crippen LogP contribution is 2.23. The van der Waals surface area contributed by atoms with Crippen molar-refractivity contribution in [1.82, 2.24) is 0 Å². The molecule has 0 amide bonds. The van der Waals surface area contributed by atoms with Crippen molar-refractivity contribution in [3.05, 3.63) is 0 Å². The number of carboxylic acids is 2. The molecule has 1 aliphatic rings. The van der Waals surface area contributed by atoms with Gasteiger partial charge in [0, 0.05) is 13.3 Å². The van der Waals surface area contributed by atoms with Crippen LogP contribution < -0.4 is 0 Å². The van der Waals surface area contributed by atoms with Crippen LogP contribution >= 0.6 is 0 Å². The number of aliphatic hydroxyl groups is 1. The van der Waals surface area contributed by atoms with Crippen LogP contribution in [0.25, 0.3) is 0 Å². The minimum atomic E-state index is -0.870. The summed E-state index contributed by atoms with van der Waals surface area (Å²) in [5.74, 6) is -0.747. The molecule has 29 heavy (non-hydrogen) atoms. The zero-order chi connectivity index (χ0) is 22.5. The standard InChI is InChI=1S/C16H30N2O3.C5H11NO2/c1-3-4-5-6-7-8-9-10-15-17-11-12-18(15,14(2)19)13-16(20)21;1-6(2,3)4-5(7)8/h14,19H,3-13H2,1-2H3;4H2,1-3H3/p+2. The molecule has 1 aliphatic heterocycles. The van der Waals surface area contributed by atoms with Crippen LogP contribution in [0.2, 0.25) is 0 Å². The van der Waals surface area contributed by atoms with Gasteiger partial charge in [0.05, 0.1) is 27.7 Å². The average Bonchev–Trinajstić information content (AvgIpc) is 2.95. The average molecular weight is 418 g/mol. The Morgan fingerprint density at radius 3 is 2.00 bits per heavy atom. The SMILES string of the molecule is CCCCCCCCCC1=NCC[N+]1(CC(=O)O)C(C)O.C[N+](C)(C)CC(=O)O. The van der Waals surface area contributed by atoms with Gasteiger partial charge in [-0.3, -0.25) is 0 Å². The molecule has 0 aromatic carbocycles. The van der Waals surface area contributed by atoms with Gasteiger partial charge >= 0.3 is 11.9 Å². The van der Waals surface area contributed by atoms with Gasteiger partial charge in [-0.05, 0) is 6.42 Å². The Bertz CT molecular complexity index is 529. The second-order valence-electron chi connectivity index (χ2n) is 8.95. The number of unbranched alkanes of at least 4 members (excludes halogenated alkanes) is 6. The molecule has 0 saturated carbocycles. The van der Waals surface area contributed by atoms with Crippen LogP contribution in [0, 0.1) is 0 Å². The Morgan fingerprint density at radius 2 is 1.59 bits per heavy atom. The number of nitrogens with zero attached hydrogens (tertiary/aromatic N) is 3. The third-order valence-corrected chi connectivity index (χ3v) is 5.05. The Kier molecular flexibility index (Phi) is 13.0. The quantitative estimate of drug-likeness (QED) is 0.315. The first-order valence-electron chi connectivity index (χ1n) is 10.8. The predicted molar refractivity (Wildman–Crippen MR) is 115 cm³/mol. The maximum Gasteiger partial charge on any atom is 0.359 e. The molecule has 0 fully saturated rings. The van der Waals surface area contributed by atoms with E-state index in [1.807, 2.05) is 21.1 Å². The van der Waals surface area contributed by atoms with Crippen LogP contribution in [0.4, 0.5) is 0 Å². The number of aliphatic hydroxyl groups excluding tert-OH is 1. The third-order valence-electron chi connectivity index (χ3n) is 5.05.